The molecule has 0 unspecified atom stereocenters. The lowest BCUT2D eigenvalue weighted by Crippen LogP contribution is -2.21. The van der Waals surface area contributed by atoms with Crippen molar-refractivity contribution in [2.24, 2.45) is 0 Å². The highest BCUT2D eigenvalue weighted by Gasteiger charge is 2.38. The zero-order valence-corrected chi connectivity index (χ0v) is 31.2. The SMILES string of the molecule is COCCOCCOCCn1c(/C=C/c2ccncc2)ccc1C1=C(O)C(c2ccc(/C=C/c3ccncc3)n2CCOCCOCCOC)=C1OOC. The van der Waals surface area contributed by atoms with E-state index in [1.54, 1.807) is 39.0 Å². The van der Waals surface area contributed by atoms with E-state index in [-0.39, 0.29) is 5.76 Å². The number of allylic oxidation sites excluding steroid dienone is 2. The molecule has 4 aromatic rings. The molecule has 4 heterocycles. The summed E-state index contributed by atoms with van der Waals surface area (Å²) in [5.41, 5.74) is 6.43. The summed E-state index contributed by atoms with van der Waals surface area (Å²) < 4.78 is 37.2. The molecule has 0 bridgehead atoms. The Morgan fingerprint density at radius 1 is 0.519 bits per heavy atom. The van der Waals surface area contributed by atoms with Gasteiger partial charge >= 0.3 is 0 Å². The largest absolute Gasteiger partial charge is 0.506 e. The quantitative estimate of drug-likeness (QED) is 0.0459. The van der Waals surface area contributed by atoms with Crippen LogP contribution < -0.4 is 0 Å². The van der Waals surface area contributed by atoms with E-state index in [2.05, 4.69) is 19.1 Å². The van der Waals surface area contributed by atoms with Crippen LogP contribution in [0.3, 0.4) is 0 Å². The summed E-state index contributed by atoms with van der Waals surface area (Å²) in [6.45, 7) is 5.77. The first-order chi connectivity index (χ1) is 26.7. The number of aromatic nitrogens is 4. The average Bonchev–Trinajstić information content (AvgIpc) is 3.78. The molecule has 0 radical (unpaired) electrons. The molecule has 4 aromatic heterocycles. The van der Waals surface area contributed by atoms with E-state index in [0.29, 0.717) is 96.1 Å². The maximum Gasteiger partial charge on any atom is 0.191 e. The fourth-order valence-electron chi connectivity index (χ4n) is 5.79. The van der Waals surface area contributed by atoms with Gasteiger partial charge in [-0.1, -0.05) is 12.2 Å². The van der Waals surface area contributed by atoms with Crippen molar-refractivity contribution in [3.8, 4) is 0 Å². The van der Waals surface area contributed by atoms with E-state index in [1.165, 1.54) is 7.11 Å². The van der Waals surface area contributed by atoms with E-state index in [9.17, 15) is 5.11 Å². The third-order valence-electron chi connectivity index (χ3n) is 8.47. The Morgan fingerprint density at radius 3 is 1.39 bits per heavy atom. The molecule has 54 heavy (non-hydrogen) atoms. The molecule has 13 heteroatoms. The second kappa shape index (κ2) is 22.4. The van der Waals surface area contributed by atoms with Crippen LogP contribution in [0.25, 0.3) is 35.5 Å². The van der Waals surface area contributed by atoms with Crippen molar-refractivity contribution < 1.29 is 43.3 Å². The lowest BCUT2D eigenvalue weighted by Gasteiger charge is -2.28. The molecular formula is C41H50N4O9. The number of methoxy groups -OCH3 is 2. The summed E-state index contributed by atoms with van der Waals surface area (Å²) >= 11 is 0. The summed E-state index contributed by atoms with van der Waals surface area (Å²) in [5, 5.41) is 11.9. The van der Waals surface area contributed by atoms with Crippen molar-refractivity contribution in [3.05, 3.63) is 119 Å². The van der Waals surface area contributed by atoms with Gasteiger partial charge in [-0.25, -0.2) is 0 Å². The van der Waals surface area contributed by atoms with Crippen LogP contribution in [-0.2, 0) is 51.3 Å². The zero-order valence-electron chi connectivity index (χ0n) is 31.2. The first-order valence-electron chi connectivity index (χ1n) is 17.9. The van der Waals surface area contributed by atoms with Gasteiger partial charge in [-0.3, -0.25) is 9.97 Å². The number of nitrogens with zero attached hydrogens (tertiary/aromatic N) is 4. The fraction of sp³-hybridized carbons (Fsp3) is 0.366. The van der Waals surface area contributed by atoms with Crippen molar-refractivity contribution >= 4 is 35.5 Å². The minimum absolute atomic E-state index is 0.0926. The molecule has 0 aliphatic heterocycles. The van der Waals surface area contributed by atoms with Crippen molar-refractivity contribution in [2.75, 3.05) is 87.4 Å². The van der Waals surface area contributed by atoms with Crippen LogP contribution in [0.15, 0.2) is 84.8 Å². The Labute approximate surface area is 316 Å². The Bertz CT molecular complexity index is 1830. The minimum atomic E-state index is 0.0926. The second-order valence-corrected chi connectivity index (χ2v) is 11.9. The number of hydrogen-bond acceptors (Lipinski definition) is 11. The van der Waals surface area contributed by atoms with Crippen LogP contribution in [0.1, 0.15) is 33.9 Å². The van der Waals surface area contributed by atoms with Gasteiger partial charge in [0.25, 0.3) is 0 Å². The molecule has 13 nitrogen and oxygen atoms in total. The molecule has 0 saturated heterocycles. The summed E-state index contributed by atoms with van der Waals surface area (Å²) in [7, 11) is 4.74. The first kappa shape index (κ1) is 40.3. The molecule has 5 rings (SSSR count). The zero-order chi connectivity index (χ0) is 37.8. The van der Waals surface area contributed by atoms with Crippen LogP contribution >= 0.6 is 0 Å². The normalized spacial score (nSPS) is 13.2. The van der Waals surface area contributed by atoms with Gasteiger partial charge in [-0.15, -0.1) is 0 Å². The van der Waals surface area contributed by atoms with Gasteiger partial charge in [-0.2, -0.15) is 4.89 Å². The Kier molecular flexibility index (Phi) is 16.7. The number of aliphatic hydroxyl groups excluding tert-OH is 1. The van der Waals surface area contributed by atoms with Gasteiger partial charge in [0, 0.05) is 63.5 Å². The molecule has 0 spiro atoms. The smallest absolute Gasteiger partial charge is 0.191 e. The highest BCUT2D eigenvalue weighted by Crippen LogP contribution is 2.47. The Balaban J connectivity index is 1.41. The number of pyridine rings is 2. The van der Waals surface area contributed by atoms with Crippen molar-refractivity contribution in [1.82, 2.24) is 19.1 Å². The molecule has 0 aromatic carbocycles. The fourth-order valence-corrected chi connectivity index (χ4v) is 5.79. The number of hydrogen-bond donors (Lipinski definition) is 1. The standard InChI is InChI=1S/C41H50N4O9/c1-47-24-26-52-30-28-50-22-20-44-34(6-4-32-12-16-42-17-13-32)8-10-36(44)38-40(46)39(41(38)54-49-3)37-11-9-35(7-5-33-14-18-43-19-15-33)45(37)21-23-51-29-31-53-27-25-48-2/h4-19,46H,20-31H2,1-3H3/b6-4+,7-5+. The Hall–Kier alpha value is -4.86. The van der Waals surface area contributed by atoms with Crippen molar-refractivity contribution in [1.29, 1.82) is 0 Å². The van der Waals surface area contributed by atoms with E-state index in [4.69, 9.17) is 38.2 Å². The van der Waals surface area contributed by atoms with Gasteiger partial charge in [-0.05, 0) is 71.8 Å². The van der Waals surface area contributed by atoms with Gasteiger partial charge in [0.15, 0.2) is 5.76 Å². The number of rotatable bonds is 26. The van der Waals surface area contributed by atoms with E-state index < -0.39 is 0 Å². The van der Waals surface area contributed by atoms with Crippen LogP contribution in [0.4, 0.5) is 0 Å². The number of aliphatic hydroxyl groups is 1. The maximum atomic E-state index is 11.9. The topological polar surface area (TPSA) is 130 Å². The molecular weight excluding hydrogens is 692 g/mol. The van der Waals surface area contributed by atoms with E-state index >= 15 is 0 Å². The molecule has 0 saturated carbocycles. The third kappa shape index (κ3) is 11.3. The van der Waals surface area contributed by atoms with Gasteiger partial charge < -0.3 is 47.5 Å². The summed E-state index contributed by atoms with van der Waals surface area (Å²) in [6, 6.07) is 15.7. The molecule has 0 fully saturated rings. The lowest BCUT2D eigenvalue weighted by molar-refractivity contribution is -0.232. The highest BCUT2D eigenvalue weighted by atomic mass is 17.2. The van der Waals surface area contributed by atoms with Crippen LogP contribution in [0.5, 0.6) is 0 Å². The van der Waals surface area contributed by atoms with Crippen molar-refractivity contribution in [2.45, 2.75) is 13.1 Å². The number of ether oxygens (including phenoxy) is 6. The summed E-state index contributed by atoms with van der Waals surface area (Å²) in [6.07, 6.45) is 15.1. The maximum absolute atomic E-state index is 11.9. The van der Waals surface area contributed by atoms with Crippen molar-refractivity contribution in [3.63, 3.8) is 0 Å². The van der Waals surface area contributed by atoms with Gasteiger partial charge in [0.1, 0.15) is 5.76 Å². The predicted molar refractivity (Wildman–Crippen MR) is 207 cm³/mol. The third-order valence-corrected chi connectivity index (χ3v) is 8.47. The molecule has 1 aliphatic carbocycles. The van der Waals surface area contributed by atoms with Gasteiger partial charge in [0.05, 0.1) is 95.7 Å². The van der Waals surface area contributed by atoms with Crippen LogP contribution in [0.2, 0.25) is 0 Å². The highest BCUT2D eigenvalue weighted by molar-refractivity contribution is 6.06. The summed E-state index contributed by atoms with van der Waals surface area (Å²) in [4.78, 5) is 19.3. The molecule has 1 N–H and O–H groups in total. The monoisotopic (exact) mass is 742 g/mol. The average molecular weight is 743 g/mol. The predicted octanol–water partition coefficient (Wildman–Crippen LogP) is 6.05. The summed E-state index contributed by atoms with van der Waals surface area (Å²) in [5.74, 6) is 0.512. The van der Waals surface area contributed by atoms with Crippen LogP contribution in [-0.4, -0.2) is 112 Å². The molecule has 0 atom stereocenters. The first-order valence-corrected chi connectivity index (χ1v) is 17.9. The lowest BCUT2D eigenvalue weighted by atomic mass is 9.89. The minimum Gasteiger partial charge on any atom is -0.506 e. The molecule has 1 aliphatic rings. The Morgan fingerprint density at radius 2 is 0.944 bits per heavy atom. The van der Waals surface area contributed by atoms with E-state index in [1.807, 2.05) is 72.8 Å². The van der Waals surface area contributed by atoms with Gasteiger partial charge in [0.2, 0.25) is 0 Å². The molecule has 0 amide bonds. The van der Waals surface area contributed by atoms with Crippen LogP contribution in [0, 0.1) is 0 Å². The van der Waals surface area contributed by atoms with E-state index in [0.717, 1.165) is 33.9 Å². The molecule has 288 valence electrons. The second-order valence-electron chi connectivity index (χ2n) is 11.9.